The summed E-state index contributed by atoms with van der Waals surface area (Å²) in [5.74, 6) is 0.720. The maximum atomic E-state index is 2.35. The Morgan fingerprint density at radius 1 is 1.40 bits per heavy atom. The molecule has 82 valence electrons. The van der Waals surface area contributed by atoms with Gasteiger partial charge in [-0.05, 0) is 45.1 Å². The second-order valence-electron chi connectivity index (χ2n) is 4.64. The summed E-state index contributed by atoms with van der Waals surface area (Å²) in [5, 5.41) is 0. The van der Waals surface area contributed by atoms with Crippen LogP contribution in [0, 0.1) is 5.92 Å². The van der Waals surface area contributed by atoms with Crippen LogP contribution in [0.25, 0.3) is 0 Å². The molecule has 0 N–H and O–H groups in total. The van der Waals surface area contributed by atoms with Gasteiger partial charge >= 0.3 is 0 Å². The highest BCUT2D eigenvalue weighted by Gasteiger charge is 2.01. The molecule has 0 amide bonds. The van der Waals surface area contributed by atoms with Crippen molar-refractivity contribution in [3.8, 4) is 0 Å². The van der Waals surface area contributed by atoms with Gasteiger partial charge in [0.05, 0.1) is 0 Å². The minimum absolute atomic E-state index is 0.720. The molecule has 0 spiro atoms. The molecule has 0 heteroatoms. The van der Waals surface area contributed by atoms with E-state index in [2.05, 4.69) is 58.1 Å². The van der Waals surface area contributed by atoms with Crippen LogP contribution in [0.15, 0.2) is 47.1 Å². The Morgan fingerprint density at radius 2 is 2.13 bits per heavy atom. The SMILES string of the molecule is CC(C)=C(C)/C=C\CC1=CCC(C)C=C1. The van der Waals surface area contributed by atoms with Gasteiger partial charge in [0.15, 0.2) is 0 Å². The lowest BCUT2D eigenvalue weighted by Gasteiger charge is -2.09. The Morgan fingerprint density at radius 3 is 2.67 bits per heavy atom. The molecule has 0 heterocycles. The van der Waals surface area contributed by atoms with Crippen LogP contribution in [0.3, 0.4) is 0 Å². The van der Waals surface area contributed by atoms with E-state index in [-0.39, 0.29) is 0 Å². The molecule has 0 bridgehead atoms. The quantitative estimate of drug-likeness (QED) is 0.576. The van der Waals surface area contributed by atoms with E-state index >= 15 is 0 Å². The summed E-state index contributed by atoms with van der Waals surface area (Å²) in [6.45, 7) is 8.73. The van der Waals surface area contributed by atoms with E-state index in [1.807, 2.05) is 0 Å². The first-order valence-electron chi connectivity index (χ1n) is 5.77. The lowest BCUT2D eigenvalue weighted by molar-refractivity contribution is 0.728. The second kappa shape index (κ2) is 5.75. The van der Waals surface area contributed by atoms with Crippen molar-refractivity contribution in [1.29, 1.82) is 0 Å². The average molecular weight is 202 g/mol. The molecule has 0 saturated carbocycles. The van der Waals surface area contributed by atoms with Crippen LogP contribution in [0.5, 0.6) is 0 Å². The molecule has 0 saturated heterocycles. The van der Waals surface area contributed by atoms with E-state index in [0.29, 0.717) is 0 Å². The van der Waals surface area contributed by atoms with Crippen molar-refractivity contribution in [2.75, 3.05) is 0 Å². The average Bonchev–Trinajstić information content (AvgIpc) is 2.20. The fourth-order valence-electron chi connectivity index (χ4n) is 1.46. The number of rotatable bonds is 3. The third-order valence-electron chi connectivity index (χ3n) is 2.90. The smallest absolute Gasteiger partial charge is 0.00975 e. The fraction of sp³-hybridized carbons (Fsp3) is 0.467. The summed E-state index contributed by atoms with van der Waals surface area (Å²) in [7, 11) is 0. The predicted octanol–water partition coefficient (Wildman–Crippen LogP) is 4.81. The zero-order valence-corrected chi connectivity index (χ0v) is 10.4. The largest absolute Gasteiger partial charge is 0.0811 e. The Hall–Kier alpha value is -1.04. The van der Waals surface area contributed by atoms with Crippen molar-refractivity contribution in [2.45, 2.75) is 40.5 Å². The van der Waals surface area contributed by atoms with Gasteiger partial charge in [-0.15, -0.1) is 0 Å². The van der Waals surface area contributed by atoms with Gasteiger partial charge in [-0.25, -0.2) is 0 Å². The van der Waals surface area contributed by atoms with Crippen LogP contribution in [-0.4, -0.2) is 0 Å². The minimum Gasteiger partial charge on any atom is -0.0811 e. The topological polar surface area (TPSA) is 0 Å². The minimum atomic E-state index is 0.720. The first-order valence-corrected chi connectivity index (χ1v) is 5.77. The summed E-state index contributed by atoms with van der Waals surface area (Å²) < 4.78 is 0. The van der Waals surface area contributed by atoms with E-state index in [9.17, 15) is 0 Å². The number of hydrogen-bond donors (Lipinski definition) is 0. The zero-order chi connectivity index (χ0) is 11.3. The van der Waals surface area contributed by atoms with E-state index in [1.165, 1.54) is 23.1 Å². The maximum absolute atomic E-state index is 2.35. The van der Waals surface area contributed by atoms with Crippen LogP contribution in [-0.2, 0) is 0 Å². The molecule has 1 unspecified atom stereocenters. The molecule has 1 atom stereocenters. The van der Waals surface area contributed by atoms with Crippen LogP contribution < -0.4 is 0 Å². The Labute approximate surface area is 94.1 Å². The second-order valence-corrected chi connectivity index (χ2v) is 4.64. The van der Waals surface area contributed by atoms with E-state index in [4.69, 9.17) is 0 Å². The first-order chi connectivity index (χ1) is 7.09. The lowest BCUT2D eigenvalue weighted by atomic mass is 9.96. The molecule has 0 aromatic rings. The van der Waals surface area contributed by atoms with E-state index < -0.39 is 0 Å². The van der Waals surface area contributed by atoms with Crippen molar-refractivity contribution < 1.29 is 0 Å². The molecule has 0 radical (unpaired) electrons. The molecule has 0 aliphatic heterocycles. The molecule has 1 aliphatic rings. The van der Waals surface area contributed by atoms with Gasteiger partial charge in [0, 0.05) is 0 Å². The molecule has 1 rings (SSSR count). The monoisotopic (exact) mass is 202 g/mol. The molecule has 0 nitrogen and oxygen atoms in total. The molecule has 15 heavy (non-hydrogen) atoms. The van der Waals surface area contributed by atoms with Crippen molar-refractivity contribution in [3.63, 3.8) is 0 Å². The van der Waals surface area contributed by atoms with E-state index in [1.54, 1.807) is 0 Å². The molecule has 0 aromatic carbocycles. The number of allylic oxidation sites excluding steroid dienone is 8. The zero-order valence-electron chi connectivity index (χ0n) is 10.4. The summed E-state index contributed by atoms with van der Waals surface area (Å²) in [6.07, 6.45) is 13.7. The van der Waals surface area contributed by atoms with Gasteiger partial charge in [-0.1, -0.05) is 48.5 Å². The summed E-state index contributed by atoms with van der Waals surface area (Å²) in [6, 6.07) is 0. The highest BCUT2D eigenvalue weighted by atomic mass is 14.1. The van der Waals surface area contributed by atoms with Crippen molar-refractivity contribution in [3.05, 3.63) is 47.1 Å². The van der Waals surface area contributed by atoms with Crippen LogP contribution in [0.4, 0.5) is 0 Å². The van der Waals surface area contributed by atoms with Gasteiger partial charge in [0.1, 0.15) is 0 Å². The Kier molecular flexibility index (Phi) is 4.61. The third kappa shape index (κ3) is 4.33. The van der Waals surface area contributed by atoms with Gasteiger partial charge < -0.3 is 0 Å². The van der Waals surface area contributed by atoms with Gasteiger partial charge in [0.25, 0.3) is 0 Å². The standard InChI is InChI=1S/C15H22/c1-12(2)14(4)6-5-7-15-10-8-13(3)9-11-15/h5-6,8,10-11,13H,7,9H2,1-4H3/b6-5-. The van der Waals surface area contributed by atoms with Crippen molar-refractivity contribution in [2.24, 2.45) is 5.92 Å². The predicted molar refractivity (Wildman–Crippen MR) is 68.8 cm³/mol. The van der Waals surface area contributed by atoms with Crippen LogP contribution in [0.2, 0.25) is 0 Å². The van der Waals surface area contributed by atoms with Gasteiger partial charge in [-0.2, -0.15) is 0 Å². The fourth-order valence-corrected chi connectivity index (χ4v) is 1.46. The highest BCUT2D eigenvalue weighted by molar-refractivity contribution is 5.28. The molecular weight excluding hydrogens is 180 g/mol. The Bertz CT molecular complexity index is 320. The third-order valence-corrected chi connectivity index (χ3v) is 2.90. The van der Waals surface area contributed by atoms with E-state index in [0.717, 1.165) is 12.3 Å². The van der Waals surface area contributed by atoms with Crippen LogP contribution >= 0.6 is 0 Å². The molecule has 0 aromatic heterocycles. The van der Waals surface area contributed by atoms with Crippen molar-refractivity contribution >= 4 is 0 Å². The van der Waals surface area contributed by atoms with Crippen LogP contribution in [0.1, 0.15) is 40.5 Å². The van der Waals surface area contributed by atoms with Gasteiger partial charge in [0.2, 0.25) is 0 Å². The maximum Gasteiger partial charge on any atom is -0.00975 e. The van der Waals surface area contributed by atoms with Crippen molar-refractivity contribution in [1.82, 2.24) is 0 Å². The highest BCUT2D eigenvalue weighted by Crippen LogP contribution is 2.18. The summed E-state index contributed by atoms with van der Waals surface area (Å²) >= 11 is 0. The summed E-state index contributed by atoms with van der Waals surface area (Å²) in [4.78, 5) is 0. The molecule has 0 fully saturated rings. The normalized spacial score (nSPS) is 20.5. The molecule has 1 aliphatic carbocycles. The molecular formula is C15H22. The van der Waals surface area contributed by atoms with Gasteiger partial charge in [-0.3, -0.25) is 0 Å². The first kappa shape index (κ1) is 12.0. The Balaban J connectivity index is 2.45. The lowest BCUT2D eigenvalue weighted by Crippen LogP contribution is -1.93. The number of hydrogen-bond acceptors (Lipinski definition) is 0. The summed E-state index contributed by atoms with van der Waals surface area (Å²) in [5.41, 5.74) is 4.22.